The van der Waals surface area contributed by atoms with Crippen molar-refractivity contribution in [3.63, 3.8) is 0 Å². The number of methoxy groups -OCH3 is 2. The lowest BCUT2D eigenvalue weighted by Gasteiger charge is -2.09. The van der Waals surface area contributed by atoms with Crippen LogP contribution in [0.2, 0.25) is 0 Å². The summed E-state index contributed by atoms with van der Waals surface area (Å²) in [7, 11) is 3.23. The van der Waals surface area contributed by atoms with Gasteiger partial charge < -0.3 is 19.2 Å². The number of carbonyl (C=O) groups excluding carboxylic acids is 1. The first kappa shape index (κ1) is 17.7. The number of anilines is 1. The summed E-state index contributed by atoms with van der Waals surface area (Å²) in [4.78, 5) is 12.5. The van der Waals surface area contributed by atoms with E-state index in [4.69, 9.17) is 13.9 Å². The molecule has 0 aliphatic carbocycles. The molecular formula is C21H19N3O4. The number of carbonyl (C=O) groups is 1. The number of fused-ring (bicyclic) bond motifs is 1. The molecule has 28 heavy (non-hydrogen) atoms. The van der Waals surface area contributed by atoms with Gasteiger partial charge in [-0.05, 0) is 48.5 Å². The van der Waals surface area contributed by atoms with Gasteiger partial charge in [-0.1, -0.05) is 0 Å². The maximum atomic E-state index is 12.5. The number of amides is 1. The molecule has 0 aliphatic heterocycles. The second-order valence-corrected chi connectivity index (χ2v) is 6.25. The molecule has 4 rings (SSSR count). The van der Waals surface area contributed by atoms with Gasteiger partial charge in [-0.15, -0.1) is 0 Å². The highest BCUT2D eigenvalue weighted by Crippen LogP contribution is 2.27. The van der Waals surface area contributed by atoms with Crippen molar-refractivity contribution in [1.82, 2.24) is 10.2 Å². The van der Waals surface area contributed by atoms with Crippen LogP contribution in [0, 0.1) is 0 Å². The second kappa shape index (κ2) is 7.48. The van der Waals surface area contributed by atoms with E-state index < -0.39 is 0 Å². The number of nitrogens with zero attached hydrogens (tertiary/aromatic N) is 1. The first-order valence-corrected chi connectivity index (χ1v) is 8.70. The summed E-state index contributed by atoms with van der Waals surface area (Å²) in [6, 6.07) is 14.5. The number of nitrogens with one attached hydrogen (secondary N) is 2. The van der Waals surface area contributed by atoms with Gasteiger partial charge >= 0.3 is 0 Å². The molecule has 0 saturated heterocycles. The second-order valence-electron chi connectivity index (χ2n) is 6.25. The van der Waals surface area contributed by atoms with Gasteiger partial charge in [0.1, 0.15) is 17.3 Å². The number of benzene rings is 2. The van der Waals surface area contributed by atoms with Crippen LogP contribution in [-0.2, 0) is 6.42 Å². The Hall–Kier alpha value is -3.74. The number of aromatic amines is 1. The summed E-state index contributed by atoms with van der Waals surface area (Å²) in [5, 5.41) is 10.6. The fraction of sp³-hybridized carbons (Fsp3) is 0.143. The normalized spacial score (nSPS) is 10.8. The zero-order chi connectivity index (χ0) is 19.5. The molecule has 1 amide bonds. The van der Waals surface area contributed by atoms with Gasteiger partial charge in [-0.2, -0.15) is 5.10 Å². The maximum absolute atomic E-state index is 12.5. The minimum atomic E-state index is -0.313. The molecular weight excluding hydrogens is 358 g/mol. The number of H-pyrrole nitrogens is 1. The smallest absolute Gasteiger partial charge is 0.291 e. The molecule has 0 radical (unpaired) electrons. The average Bonchev–Trinajstić information content (AvgIpc) is 3.37. The van der Waals surface area contributed by atoms with E-state index in [2.05, 4.69) is 15.5 Å². The predicted molar refractivity (Wildman–Crippen MR) is 105 cm³/mol. The van der Waals surface area contributed by atoms with Crippen LogP contribution in [0.1, 0.15) is 21.9 Å². The van der Waals surface area contributed by atoms with Gasteiger partial charge in [0.05, 0.1) is 25.9 Å². The molecule has 2 aromatic carbocycles. The summed E-state index contributed by atoms with van der Waals surface area (Å²) < 4.78 is 16.4. The molecule has 0 aliphatic rings. The van der Waals surface area contributed by atoms with Crippen molar-refractivity contribution in [3.8, 4) is 11.5 Å². The van der Waals surface area contributed by atoms with Crippen molar-refractivity contribution in [2.24, 2.45) is 0 Å². The van der Waals surface area contributed by atoms with E-state index in [1.54, 1.807) is 32.5 Å². The predicted octanol–water partition coefficient (Wildman–Crippen LogP) is 4.02. The summed E-state index contributed by atoms with van der Waals surface area (Å²) in [5.74, 6) is 2.05. The average molecular weight is 377 g/mol. The molecule has 7 nitrogen and oxygen atoms in total. The molecule has 2 heterocycles. The van der Waals surface area contributed by atoms with Crippen molar-refractivity contribution in [3.05, 3.63) is 71.8 Å². The Bertz CT molecular complexity index is 1130. The lowest BCUT2D eigenvalue weighted by Crippen LogP contribution is -2.10. The minimum Gasteiger partial charge on any atom is -0.497 e. The van der Waals surface area contributed by atoms with Crippen LogP contribution in [0.4, 0.5) is 5.69 Å². The fourth-order valence-corrected chi connectivity index (χ4v) is 3.02. The van der Waals surface area contributed by atoms with Gasteiger partial charge in [0.15, 0.2) is 5.76 Å². The quantitative estimate of drug-likeness (QED) is 0.530. The van der Waals surface area contributed by atoms with Crippen LogP contribution in [0.3, 0.4) is 0 Å². The molecule has 142 valence electrons. The largest absolute Gasteiger partial charge is 0.497 e. The van der Waals surface area contributed by atoms with E-state index in [0.717, 1.165) is 28.0 Å². The van der Waals surface area contributed by atoms with Crippen molar-refractivity contribution < 1.29 is 18.7 Å². The van der Waals surface area contributed by atoms with E-state index in [0.29, 0.717) is 17.9 Å². The highest BCUT2D eigenvalue weighted by atomic mass is 16.5. The Balaban J connectivity index is 1.50. The molecule has 0 atom stereocenters. The van der Waals surface area contributed by atoms with E-state index in [1.165, 1.54) is 0 Å². The zero-order valence-electron chi connectivity index (χ0n) is 15.5. The SMILES string of the molecule is COc1ccc(OC)c(Cc2ccc(C(=O)Nc3ccc4[nH]ncc4c3)o2)c1. The number of aromatic nitrogens is 2. The summed E-state index contributed by atoms with van der Waals surface area (Å²) in [6.07, 6.45) is 2.19. The van der Waals surface area contributed by atoms with Gasteiger partial charge in [0, 0.05) is 23.1 Å². The molecule has 2 N–H and O–H groups in total. The van der Waals surface area contributed by atoms with Crippen molar-refractivity contribution in [1.29, 1.82) is 0 Å². The highest BCUT2D eigenvalue weighted by Gasteiger charge is 2.14. The Morgan fingerprint density at radius 3 is 2.82 bits per heavy atom. The Morgan fingerprint density at radius 2 is 2.00 bits per heavy atom. The van der Waals surface area contributed by atoms with Crippen molar-refractivity contribution in [2.45, 2.75) is 6.42 Å². The molecule has 0 bridgehead atoms. The van der Waals surface area contributed by atoms with Crippen LogP contribution in [0.15, 0.2) is 59.1 Å². The summed E-state index contributed by atoms with van der Waals surface area (Å²) in [5.41, 5.74) is 2.49. The topological polar surface area (TPSA) is 89.4 Å². The number of hydrogen-bond acceptors (Lipinski definition) is 5. The van der Waals surface area contributed by atoms with Crippen LogP contribution in [-0.4, -0.2) is 30.3 Å². The van der Waals surface area contributed by atoms with Crippen LogP contribution in [0.5, 0.6) is 11.5 Å². The Morgan fingerprint density at radius 1 is 1.11 bits per heavy atom. The van der Waals surface area contributed by atoms with Gasteiger partial charge in [-0.3, -0.25) is 9.89 Å². The molecule has 0 spiro atoms. The molecule has 7 heteroatoms. The summed E-state index contributed by atoms with van der Waals surface area (Å²) in [6.45, 7) is 0. The Kier molecular flexibility index (Phi) is 4.72. The fourth-order valence-electron chi connectivity index (χ4n) is 3.02. The van der Waals surface area contributed by atoms with Gasteiger partial charge in [0.2, 0.25) is 0 Å². The van der Waals surface area contributed by atoms with Crippen molar-refractivity contribution in [2.75, 3.05) is 19.5 Å². The van der Waals surface area contributed by atoms with E-state index in [-0.39, 0.29) is 11.7 Å². The van der Waals surface area contributed by atoms with Crippen LogP contribution >= 0.6 is 0 Å². The lowest BCUT2D eigenvalue weighted by atomic mass is 10.1. The number of furan rings is 1. The monoisotopic (exact) mass is 377 g/mol. The molecule has 0 fully saturated rings. The Labute approximate surface area is 161 Å². The van der Waals surface area contributed by atoms with Gasteiger partial charge in [0.25, 0.3) is 5.91 Å². The summed E-state index contributed by atoms with van der Waals surface area (Å²) >= 11 is 0. The number of rotatable bonds is 6. The maximum Gasteiger partial charge on any atom is 0.291 e. The third kappa shape index (κ3) is 3.55. The van der Waals surface area contributed by atoms with E-state index >= 15 is 0 Å². The minimum absolute atomic E-state index is 0.240. The molecule has 4 aromatic rings. The van der Waals surface area contributed by atoms with E-state index in [1.807, 2.05) is 36.4 Å². The van der Waals surface area contributed by atoms with Gasteiger partial charge in [-0.25, -0.2) is 0 Å². The standard InChI is InChI=1S/C21H19N3O4/c1-26-16-4-7-19(27-2)13(10-16)11-17-5-8-20(28-17)21(25)23-15-3-6-18-14(9-15)12-22-24-18/h3-10,12H,11H2,1-2H3,(H,22,24)(H,23,25). The van der Waals surface area contributed by atoms with Crippen LogP contribution in [0.25, 0.3) is 10.9 Å². The third-order valence-corrected chi connectivity index (χ3v) is 4.44. The highest BCUT2D eigenvalue weighted by molar-refractivity contribution is 6.03. The first-order chi connectivity index (χ1) is 13.7. The lowest BCUT2D eigenvalue weighted by molar-refractivity contribution is 0.0995. The number of ether oxygens (including phenoxy) is 2. The number of hydrogen-bond donors (Lipinski definition) is 2. The molecule has 2 aromatic heterocycles. The van der Waals surface area contributed by atoms with Crippen molar-refractivity contribution >= 4 is 22.5 Å². The molecule has 0 unspecified atom stereocenters. The first-order valence-electron chi connectivity index (χ1n) is 8.70. The molecule has 0 saturated carbocycles. The van der Waals surface area contributed by atoms with Crippen LogP contribution < -0.4 is 14.8 Å². The van der Waals surface area contributed by atoms with E-state index in [9.17, 15) is 4.79 Å². The zero-order valence-corrected chi connectivity index (χ0v) is 15.5. The third-order valence-electron chi connectivity index (χ3n) is 4.44.